The fourth-order valence-electron chi connectivity index (χ4n) is 1.12. The molecule has 3 nitrogen and oxygen atoms in total. The van der Waals surface area contributed by atoms with Crippen molar-refractivity contribution in [2.45, 2.75) is 12.8 Å². The van der Waals surface area contributed by atoms with Crippen molar-refractivity contribution < 1.29 is 4.21 Å². The predicted molar refractivity (Wildman–Crippen MR) is 49.1 cm³/mol. The Morgan fingerprint density at radius 3 is 2.83 bits per heavy atom. The molecule has 0 bridgehead atoms. The van der Waals surface area contributed by atoms with Crippen LogP contribution < -0.4 is 5.32 Å². The van der Waals surface area contributed by atoms with Crippen LogP contribution in [0.25, 0.3) is 0 Å². The minimum absolute atomic E-state index is 0.536. The molecule has 68 valence electrons. The minimum Gasteiger partial charge on any atom is -0.316 e. The van der Waals surface area contributed by atoms with E-state index in [-0.39, 0.29) is 0 Å². The van der Waals surface area contributed by atoms with Crippen molar-refractivity contribution >= 4 is 10.8 Å². The first-order chi connectivity index (χ1) is 5.83. The number of unbranched alkanes of at least 4 members (excludes halogenated alkanes) is 1. The van der Waals surface area contributed by atoms with Crippen molar-refractivity contribution in [3.63, 3.8) is 0 Å². The fourth-order valence-corrected chi connectivity index (χ4v) is 2.52. The highest BCUT2D eigenvalue weighted by atomic mass is 32.2. The summed E-state index contributed by atoms with van der Waals surface area (Å²) < 4.78 is 11.3. The molecule has 1 fully saturated rings. The lowest BCUT2D eigenvalue weighted by atomic mass is 10.1. The van der Waals surface area contributed by atoms with Crippen LogP contribution in [0, 0.1) is 17.2 Å². The Labute approximate surface area is 75.6 Å². The summed E-state index contributed by atoms with van der Waals surface area (Å²) in [5, 5.41) is 11.4. The lowest BCUT2D eigenvalue weighted by Gasteiger charge is -2.26. The zero-order valence-corrected chi connectivity index (χ0v) is 7.90. The molecular weight excluding hydrogens is 172 g/mol. The first kappa shape index (κ1) is 9.69. The van der Waals surface area contributed by atoms with E-state index >= 15 is 0 Å². The molecule has 1 atom stereocenters. The molecule has 0 aliphatic carbocycles. The smallest absolute Gasteiger partial charge is 0.0622 e. The highest BCUT2D eigenvalue weighted by Gasteiger charge is 2.18. The van der Waals surface area contributed by atoms with E-state index in [0.29, 0.717) is 18.1 Å². The van der Waals surface area contributed by atoms with Gasteiger partial charge in [-0.25, -0.2) is 0 Å². The molecule has 0 saturated carbocycles. The maximum atomic E-state index is 11.3. The van der Waals surface area contributed by atoms with Crippen molar-refractivity contribution in [1.29, 1.82) is 5.26 Å². The van der Waals surface area contributed by atoms with Crippen LogP contribution in [0.3, 0.4) is 0 Å². The number of hydrogen-bond acceptors (Lipinski definition) is 3. The molecule has 1 N–H and O–H groups in total. The van der Waals surface area contributed by atoms with E-state index in [9.17, 15) is 4.21 Å². The van der Waals surface area contributed by atoms with Gasteiger partial charge >= 0.3 is 0 Å². The largest absolute Gasteiger partial charge is 0.316 e. The minimum atomic E-state index is -0.691. The van der Waals surface area contributed by atoms with E-state index in [2.05, 4.69) is 11.4 Å². The monoisotopic (exact) mass is 186 g/mol. The van der Waals surface area contributed by atoms with Gasteiger partial charge < -0.3 is 5.32 Å². The average Bonchev–Trinajstić information content (AvgIpc) is 1.98. The Kier molecular flexibility index (Phi) is 4.26. The molecule has 0 aromatic carbocycles. The van der Waals surface area contributed by atoms with E-state index in [1.165, 1.54) is 0 Å². The standard InChI is InChI=1S/C8H14N2OS/c9-3-1-2-4-12(11)7-8-5-10-6-8/h8,10H,1-2,4-7H2. The number of hydrogen-bond donors (Lipinski definition) is 1. The number of nitriles is 1. The van der Waals surface area contributed by atoms with Gasteiger partial charge in [-0.1, -0.05) is 0 Å². The molecule has 1 rings (SSSR count). The van der Waals surface area contributed by atoms with Crippen LogP contribution in [0.2, 0.25) is 0 Å². The molecule has 1 aliphatic rings. The maximum Gasteiger partial charge on any atom is 0.0622 e. The maximum absolute atomic E-state index is 11.3. The van der Waals surface area contributed by atoms with Gasteiger partial charge in [0.15, 0.2) is 0 Å². The summed E-state index contributed by atoms with van der Waals surface area (Å²) in [5.74, 6) is 2.13. The normalized spacial score (nSPS) is 19.6. The van der Waals surface area contributed by atoms with Crippen molar-refractivity contribution in [3.8, 4) is 6.07 Å². The third kappa shape index (κ3) is 3.33. The zero-order valence-electron chi connectivity index (χ0n) is 7.08. The van der Waals surface area contributed by atoms with E-state index in [0.717, 1.165) is 25.3 Å². The molecule has 0 aromatic heterocycles. The van der Waals surface area contributed by atoms with Crippen LogP contribution in [0.1, 0.15) is 12.8 Å². The topological polar surface area (TPSA) is 52.9 Å². The zero-order chi connectivity index (χ0) is 8.81. The van der Waals surface area contributed by atoms with Crippen LogP contribution >= 0.6 is 0 Å². The van der Waals surface area contributed by atoms with Crippen LogP contribution in [0.5, 0.6) is 0 Å². The third-order valence-corrected chi connectivity index (χ3v) is 3.54. The summed E-state index contributed by atoms with van der Waals surface area (Å²) in [6.07, 6.45) is 1.32. The summed E-state index contributed by atoms with van der Waals surface area (Å²) >= 11 is 0. The molecule has 12 heavy (non-hydrogen) atoms. The molecule has 1 saturated heterocycles. The second-order valence-electron chi connectivity index (χ2n) is 3.10. The van der Waals surface area contributed by atoms with E-state index in [1.807, 2.05) is 0 Å². The summed E-state index contributed by atoms with van der Waals surface area (Å²) in [6, 6.07) is 2.06. The molecule has 0 radical (unpaired) electrons. The van der Waals surface area contributed by atoms with Crippen LogP contribution in [0.4, 0.5) is 0 Å². The summed E-state index contributed by atoms with van der Waals surface area (Å²) in [7, 11) is -0.691. The second-order valence-corrected chi connectivity index (χ2v) is 4.72. The van der Waals surface area contributed by atoms with Gasteiger partial charge in [0.05, 0.1) is 6.07 Å². The molecule has 4 heteroatoms. The van der Waals surface area contributed by atoms with Crippen molar-refractivity contribution in [2.75, 3.05) is 24.6 Å². The molecule has 1 heterocycles. The Balaban J connectivity index is 2.00. The molecular formula is C8H14N2OS. The van der Waals surface area contributed by atoms with Gasteiger partial charge in [-0.3, -0.25) is 4.21 Å². The Morgan fingerprint density at radius 1 is 1.58 bits per heavy atom. The van der Waals surface area contributed by atoms with Crippen LogP contribution in [0.15, 0.2) is 0 Å². The van der Waals surface area contributed by atoms with Crippen molar-refractivity contribution in [2.24, 2.45) is 5.92 Å². The predicted octanol–water partition coefficient (Wildman–Crippen LogP) is 0.258. The van der Waals surface area contributed by atoms with Crippen molar-refractivity contribution in [3.05, 3.63) is 0 Å². The number of nitrogens with one attached hydrogen (secondary N) is 1. The van der Waals surface area contributed by atoms with Crippen LogP contribution in [-0.2, 0) is 10.8 Å². The van der Waals surface area contributed by atoms with Gasteiger partial charge in [0.25, 0.3) is 0 Å². The van der Waals surface area contributed by atoms with Gasteiger partial charge in [0, 0.05) is 41.8 Å². The molecule has 0 aromatic rings. The highest BCUT2D eigenvalue weighted by molar-refractivity contribution is 7.84. The average molecular weight is 186 g/mol. The molecule has 0 amide bonds. The first-order valence-corrected chi connectivity index (χ1v) is 5.74. The lowest BCUT2D eigenvalue weighted by Crippen LogP contribution is -2.44. The summed E-state index contributed by atoms with van der Waals surface area (Å²) in [6.45, 7) is 2.04. The van der Waals surface area contributed by atoms with Gasteiger partial charge in [0.1, 0.15) is 0 Å². The van der Waals surface area contributed by atoms with E-state index < -0.39 is 10.8 Å². The number of rotatable bonds is 5. The quantitative estimate of drug-likeness (QED) is 0.627. The fraction of sp³-hybridized carbons (Fsp3) is 0.875. The molecule has 1 unspecified atom stereocenters. The Morgan fingerprint density at radius 2 is 2.33 bits per heavy atom. The van der Waals surface area contributed by atoms with Gasteiger partial charge in [-0.2, -0.15) is 5.26 Å². The Bertz CT molecular complexity index is 196. The van der Waals surface area contributed by atoms with E-state index in [1.54, 1.807) is 0 Å². The summed E-state index contributed by atoms with van der Waals surface area (Å²) in [4.78, 5) is 0. The molecule has 0 spiro atoms. The van der Waals surface area contributed by atoms with Crippen LogP contribution in [-0.4, -0.2) is 28.8 Å². The van der Waals surface area contributed by atoms with Gasteiger partial charge in [-0.05, 0) is 12.3 Å². The summed E-state index contributed by atoms with van der Waals surface area (Å²) in [5.41, 5.74) is 0. The van der Waals surface area contributed by atoms with Gasteiger partial charge in [0.2, 0.25) is 0 Å². The van der Waals surface area contributed by atoms with E-state index in [4.69, 9.17) is 5.26 Å². The number of nitrogens with zero attached hydrogens (tertiary/aromatic N) is 1. The first-order valence-electron chi connectivity index (χ1n) is 4.25. The van der Waals surface area contributed by atoms with Gasteiger partial charge in [-0.15, -0.1) is 0 Å². The van der Waals surface area contributed by atoms with Crippen molar-refractivity contribution in [1.82, 2.24) is 5.32 Å². The highest BCUT2D eigenvalue weighted by Crippen LogP contribution is 2.05. The Hall–Kier alpha value is -0.400. The third-order valence-electron chi connectivity index (χ3n) is 1.95. The SMILES string of the molecule is N#CCCCS(=O)CC1CNC1. The second kappa shape index (κ2) is 5.28. The molecule has 1 aliphatic heterocycles. The lowest BCUT2D eigenvalue weighted by molar-refractivity contribution is 0.382.